The van der Waals surface area contributed by atoms with Gasteiger partial charge in [-0.05, 0) is 111 Å². The van der Waals surface area contributed by atoms with Gasteiger partial charge in [-0.15, -0.1) is 0 Å². The first-order valence-corrected chi connectivity index (χ1v) is 20.4. The predicted octanol–water partition coefficient (Wildman–Crippen LogP) is 13.9. The van der Waals surface area contributed by atoms with Crippen LogP contribution in [0.25, 0.3) is 0 Å². The Hall–Kier alpha value is -1.35. The van der Waals surface area contributed by atoms with Crippen molar-refractivity contribution in [2.45, 2.75) is 213 Å². The fourth-order valence-electron chi connectivity index (χ4n) is 6.03. The molecule has 0 spiro atoms. The minimum atomic E-state index is 0.0106. The fourth-order valence-corrected chi connectivity index (χ4v) is 6.03. The van der Waals surface area contributed by atoms with Crippen LogP contribution in [0.4, 0.5) is 0 Å². The van der Waals surface area contributed by atoms with Gasteiger partial charge in [0.2, 0.25) is 0 Å². The third-order valence-electron chi connectivity index (χ3n) is 9.05. The van der Waals surface area contributed by atoms with Crippen LogP contribution in [0, 0.1) is 0 Å². The van der Waals surface area contributed by atoms with Crippen LogP contribution in [0.5, 0.6) is 0 Å². The molecule has 0 aromatic rings. The van der Waals surface area contributed by atoms with Crippen molar-refractivity contribution < 1.29 is 9.53 Å². The van der Waals surface area contributed by atoms with E-state index in [2.05, 4.69) is 69.3 Å². The number of hydrogen-bond acceptors (Lipinski definition) is 3. The summed E-state index contributed by atoms with van der Waals surface area (Å²) in [6, 6.07) is 0. The predicted molar refractivity (Wildman–Crippen MR) is 206 cm³/mol. The molecule has 0 bridgehead atoms. The summed E-state index contributed by atoms with van der Waals surface area (Å²) in [5.41, 5.74) is 0. The molecule has 0 heterocycles. The van der Waals surface area contributed by atoms with Gasteiger partial charge in [-0.3, -0.25) is 4.79 Å². The van der Waals surface area contributed by atoms with Crippen LogP contribution < -0.4 is 0 Å². The third-order valence-corrected chi connectivity index (χ3v) is 9.05. The Balaban J connectivity index is 3.98. The summed E-state index contributed by atoms with van der Waals surface area (Å²) < 4.78 is 6.00. The van der Waals surface area contributed by atoms with Crippen molar-refractivity contribution in [3.8, 4) is 0 Å². The molecular formula is C43H81NO2. The number of hydrogen-bond donors (Lipinski definition) is 0. The van der Waals surface area contributed by atoms with Gasteiger partial charge in [0, 0.05) is 6.42 Å². The van der Waals surface area contributed by atoms with Gasteiger partial charge in [-0.25, -0.2) is 0 Å². The summed E-state index contributed by atoms with van der Waals surface area (Å²) in [4.78, 5) is 14.7. The summed E-state index contributed by atoms with van der Waals surface area (Å²) in [6.45, 7) is 5.49. The standard InChI is InChI=1S/C43H81NO2/c1-5-7-9-11-13-15-17-19-21-23-25-27-29-31-33-35-38-42(46-43(45)40-37-41-44(3)4)39-36-34-32-30-28-26-24-22-20-18-16-14-12-10-8-6-2/h13,15,19-22,42H,5-12,14,16-18,23-41H2,1-4H3/b15-13-,21-19-,22-20-. The number of nitrogens with zero attached hydrogens (tertiary/aromatic N) is 1. The van der Waals surface area contributed by atoms with Crippen molar-refractivity contribution in [1.82, 2.24) is 4.90 Å². The zero-order valence-corrected chi connectivity index (χ0v) is 31.7. The highest BCUT2D eigenvalue weighted by Crippen LogP contribution is 2.18. The molecule has 0 N–H and O–H groups in total. The summed E-state index contributed by atoms with van der Waals surface area (Å²) in [5.74, 6) is 0.0106. The van der Waals surface area contributed by atoms with E-state index < -0.39 is 0 Å². The number of esters is 1. The van der Waals surface area contributed by atoms with E-state index in [-0.39, 0.29) is 12.1 Å². The second kappa shape index (κ2) is 38.1. The first-order chi connectivity index (χ1) is 22.6. The van der Waals surface area contributed by atoms with Crippen LogP contribution >= 0.6 is 0 Å². The molecule has 0 aliphatic carbocycles. The summed E-state index contributed by atoms with van der Waals surface area (Å²) in [5, 5.41) is 0. The molecule has 3 nitrogen and oxygen atoms in total. The van der Waals surface area contributed by atoms with Gasteiger partial charge in [-0.2, -0.15) is 0 Å². The Morgan fingerprint density at radius 3 is 1.33 bits per heavy atom. The lowest BCUT2D eigenvalue weighted by atomic mass is 10.0. The average molecular weight is 644 g/mol. The quantitative estimate of drug-likeness (QED) is 0.0386. The van der Waals surface area contributed by atoms with E-state index in [1.807, 2.05) is 0 Å². The molecule has 0 radical (unpaired) electrons. The molecule has 0 saturated heterocycles. The Bertz CT molecular complexity index is 695. The topological polar surface area (TPSA) is 29.5 Å². The lowest BCUT2D eigenvalue weighted by Crippen LogP contribution is -2.20. The van der Waals surface area contributed by atoms with Gasteiger partial charge >= 0.3 is 5.97 Å². The second-order valence-corrected chi connectivity index (χ2v) is 14.1. The first kappa shape index (κ1) is 44.6. The lowest BCUT2D eigenvalue weighted by Gasteiger charge is -2.18. The Labute approximate surface area is 289 Å². The smallest absolute Gasteiger partial charge is 0.306 e. The molecule has 0 fully saturated rings. The van der Waals surface area contributed by atoms with Crippen molar-refractivity contribution in [3.05, 3.63) is 36.5 Å². The number of allylic oxidation sites excluding steroid dienone is 6. The number of carbonyl (C=O) groups is 1. The molecule has 0 aromatic carbocycles. The largest absolute Gasteiger partial charge is 0.462 e. The molecule has 46 heavy (non-hydrogen) atoms. The number of rotatable bonds is 36. The Morgan fingerprint density at radius 2 is 0.870 bits per heavy atom. The van der Waals surface area contributed by atoms with Crippen LogP contribution in [0.15, 0.2) is 36.5 Å². The highest BCUT2D eigenvalue weighted by atomic mass is 16.5. The monoisotopic (exact) mass is 644 g/mol. The van der Waals surface area contributed by atoms with Gasteiger partial charge in [0.25, 0.3) is 0 Å². The van der Waals surface area contributed by atoms with Crippen LogP contribution in [0.2, 0.25) is 0 Å². The molecule has 0 saturated carbocycles. The minimum Gasteiger partial charge on any atom is -0.462 e. The summed E-state index contributed by atoms with van der Waals surface area (Å²) >= 11 is 0. The zero-order valence-electron chi connectivity index (χ0n) is 31.7. The summed E-state index contributed by atoms with van der Waals surface area (Å²) in [6.07, 6.45) is 51.7. The lowest BCUT2D eigenvalue weighted by molar-refractivity contribution is -0.150. The van der Waals surface area contributed by atoms with E-state index in [4.69, 9.17) is 4.74 Å². The third kappa shape index (κ3) is 37.1. The number of unbranched alkanes of at least 4 members (excludes halogenated alkanes) is 21. The van der Waals surface area contributed by atoms with Crippen molar-refractivity contribution >= 4 is 5.97 Å². The van der Waals surface area contributed by atoms with E-state index in [0.717, 1.165) is 32.2 Å². The van der Waals surface area contributed by atoms with Crippen molar-refractivity contribution in [1.29, 1.82) is 0 Å². The van der Waals surface area contributed by atoms with E-state index in [0.29, 0.717) is 6.42 Å². The maximum Gasteiger partial charge on any atom is 0.306 e. The molecule has 3 heteroatoms. The molecule has 1 atom stereocenters. The van der Waals surface area contributed by atoms with Crippen LogP contribution in [-0.2, 0) is 9.53 Å². The first-order valence-electron chi connectivity index (χ1n) is 20.4. The van der Waals surface area contributed by atoms with Gasteiger partial charge < -0.3 is 9.64 Å². The number of carbonyl (C=O) groups excluding carboxylic acids is 1. The maximum atomic E-state index is 12.5. The van der Waals surface area contributed by atoms with E-state index in [1.165, 1.54) is 161 Å². The molecule has 0 aromatic heterocycles. The minimum absolute atomic E-state index is 0.0106. The Kier molecular flexibility index (Phi) is 37.0. The average Bonchev–Trinajstić information content (AvgIpc) is 3.04. The molecule has 0 aliphatic heterocycles. The van der Waals surface area contributed by atoms with Crippen molar-refractivity contribution in [2.75, 3.05) is 20.6 Å². The van der Waals surface area contributed by atoms with Gasteiger partial charge in [-0.1, -0.05) is 147 Å². The normalized spacial score (nSPS) is 12.8. The molecular weight excluding hydrogens is 562 g/mol. The molecule has 270 valence electrons. The van der Waals surface area contributed by atoms with Crippen LogP contribution in [-0.4, -0.2) is 37.6 Å². The SMILES string of the molecule is CCCCC/C=C\C/C=C\CCCCCCCCC(CCCCCCCC/C=C\CCCCCCCC)OC(=O)CCCN(C)C. The zero-order chi connectivity index (χ0) is 33.6. The maximum absolute atomic E-state index is 12.5. The molecule has 0 aliphatic rings. The summed E-state index contributed by atoms with van der Waals surface area (Å²) in [7, 11) is 4.13. The fraction of sp³-hybridized carbons (Fsp3) is 0.837. The molecule has 0 rings (SSSR count). The van der Waals surface area contributed by atoms with Crippen molar-refractivity contribution in [2.24, 2.45) is 0 Å². The highest BCUT2D eigenvalue weighted by Gasteiger charge is 2.14. The highest BCUT2D eigenvalue weighted by molar-refractivity contribution is 5.69. The van der Waals surface area contributed by atoms with Gasteiger partial charge in [0.15, 0.2) is 0 Å². The molecule has 1 unspecified atom stereocenters. The Morgan fingerprint density at radius 1 is 0.500 bits per heavy atom. The second-order valence-electron chi connectivity index (χ2n) is 14.1. The molecule has 0 amide bonds. The number of ether oxygens (including phenoxy) is 1. The van der Waals surface area contributed by atoms with E-state index in [1.54, 1.807) is 0 Å². The van der Waals surface area contributed by atoms with Gasteiger partial charge in [0.05, 0.1) is 0 Å². The van der Waals surface area contributed by atoms with E-state index >= 15 is 0 Å². The van der Waals surface area contributed by atoms with Gasteiger partial charge in [0.1, 0.15) is 6.10 Å². The van der Waals surface area contributed by atoms with E-state index in [9.17, 15) is 4.79 Å². The van der Waals surface area contributed by atoms with Crippen molar-refractivity contribution in [3.63, 3.8) is 0 Å². The van der Waals surface area contributed by atoms with Crippen LogP contribution in [0.1, 0.15) is 206 Å². The van der Waals surface area contributed by atoms with Crippen LogP contribution in [0.3, 0.4) is 0 Å².